The van der Waals surface area contributed by atoms with Crippen molar-refractivity contribution >= 4 is 5.82 Å². The Morgan fingerprint density at radius 3 is 2.84 bits per heavy atom. The molecule has 1 saturated carbocycles. The molecule has 0 aromatic carbocycles. The molecule has 0 bridgehead atoms. The van der Waals surface area contributed by atoms with E-state index >= 15 is 0 Å². The van der Waals surface area contributed by atoms with E-state index < -0.39 is 0 Å². The molecule has 0 radical (unpaired) electrons. The van der Waals surface area contributed by atoms with E-state index in [0.29, 0.717) is 0 Å². The summed E-state index contributed by atoms with van der Waals surface area (Å²) in [4.78, 5) is 7.13. The number of hydrogen-bond donors (Lipinski definition) is 1. The monoisotopic (exact) mass is 261 g/mol. The number of nitrogens with zero attached hydrogens (tertiary/aromatic N) is 2. The number of hydrogen-bond acceptors (Lipinski definition) is 3. The van der Waals surface area contributed by atoms with E-state index in [9.17, 15) is 0 Å². The Bertz CT molecular complexity index is 374. The summed E-state index contributed by atoms with van der Waals surface area (Å²) in [5, 5.41) is 3.45. The number of unbranched alkanes of at least 4 members (excludes halogenated alkanes) is 1. The van der Waals surface area contributed by atoms with Crippen LogP contribution in [0.1, 0.15) is 51.5 Å². The van der Waals surface area contributed by atoms with Gasteiger partial charge in [0.1, 0.15) is 5.82 Å². The van der Waals surface area contributed by atoms with Crippen LogP contribution in [-0.4, -0.2) is 29.0 Å². The fourth-order valence-electron chi connectivity index (χ4n) is 2.38. The first kappa shape index (κ1) is 14.3. The van der Waals surface area contributed by atoms with Crippen LogP contribution < -0.4 is 5.32 Å². The fourth-order valence-corrected chi connectivity index (χ4v) is 2.38. The Kier molecular flexibility index (Phi) is 5.64. The molecule has 0 spiro atoms. The normalized spacial score (nSPS) is 14.9. The van der Waals surface area contributed by atoms with Crippen molar-refractivity contribution in [3.05, 3.63) is 23.9 Å². The summed E-state index contributed by atoms with van der Waals surface area (Å²) in [6, 6.07) is 5.09. The number of aromatic nitrogens is 1. The summed E-state index contributed by atoms with van der Waals surface area (Å²) in [6.07, 6.45) is 8.35. The van der Waals surface area contributed by atoms with Crippen LogP contribution in [0.2, 0.25) is 0 Å². The number of nitrogens with one attached hydrogen (secondary N) is 1. The van der Waals surface area contributed by atoms with Crippen LogP contribution in [0.25, 0.3) is 0 Å². The van der Waals surface area contributed by atoms with Gasteiger partial charge in [-0.15, -0.1) is 0 Å². The molecule has 1 aromatic heterocycles. The fraction of sp³-hybridized carbons (Fsp3) is 0.688. The van der Waals surface area contributed by atoms with Gasteiger partial charge in [0, 0.05) is 30.9 Å². The minimum Gasteiger partial charge on any atom is -0.370 e. The first-order valence-corrected chi connectivity index (χ1v) is 7.77. The van der Waals surface area contributed by atoms with E-state index in [1.54, 1.807) is 0 Å². The van der Waals surface area contributed by atoms with Gasteiger partial charge in [0.15, 0.2) is 0 Å². The molecule has 0 unspecified atom stereocenters. The maximum absolute atomic E-state index is 4.49. The zero-order valence-electron chi connectivity index (χ0n) is 12.4. The average Bonchev–Trinajstić information content (AvgIpc) is 3.26. The Labute approximate surface area is 117 Å². The number of pyridine rings is 1. The van der Waals surface area contributed by atoms with Gasteiger partial charge in [-0.3, -0.25) is 4.90 Å². The molecule has 1 aliphatic carbocycles. The molecule has 1 heterocycles. The largest absolute Gasteiger partial charge is 0.370 e. The van der Waals surface area contributed by atoms with Crippen LogP contribution in [-0.2, 0) is 6.54 Å². The summed E-state index contributed by atoms with van der Waals surface area (Å²) >= 11 is 0. The predicted octanol–water partition coefficient (Wildman–Crippen LogP) is 3.67. The molecule has 1 N–H and O–H groups in total. The second-order valence-electron chi connectivity index (χ2n) is 5.49. The summed E-state index contributed by atoms with van der Waals surface area (Å²) in [6.45, 7) is 7.73. The molecule has 0 atom stereocenters. The first-order valence-electron chi connectivity index (χ1n) is 7.77. The second kappa shape index (κ2) is 7.49. The molecule has 1 fully saturated rings. The van der Waals surface area contributed by atoms with Gasteiger partial charge in [-0.2, -0.15) is 0 Å². The van der Waals surface area contributed by atoms with Crippen molar-refractivity contribution in [1.82, 2.24) is 9.88 Å². The van der Waals surface area contributed by atoms with E-state index in [0.717, 1.165) is 31.4 Å². The lowest BCUT2D eigenvalue weighted by Gasteiger charge is -2.23. The zero-order chi connectivity index (χ0) is 13.5. The summed E-state index contributed by atoms with van der Waals surface area (Å²) < 4.78 is 0. The summed E-state index contributed by atoms with van der Waals surface area (Å²) in [5.74, 6) is 1.08. The van der Waals surface area contributed by atoms with Gasteiger partial charge in [0.2, 0.25) is 0 Å². The predicted molar refractivity (Wildman–Crippen MR) is 81.4 cm³/mol. The van der Waals surface area contributed by atoms with Crippen LogP contribution in [0, 0.1) is 0 Å². The molecule has 106 valence electrons. The zero-order valence-corrected chi connectivity index (χ0v) is 12.4. The third kappa shape index (κ3) is 4.50. The van der Waals surface area contributed by atoms with Crippen LogP contribution in [0.4, 0.5) is 5.82 Å². The minimum absolute atomic E-state index is 0.825. The summed E-state index contributed by atoms with van der Waals surface area (Å²) in [7, 11) is 0. The van der Waals surface area contributed by atoms with E-state index in [1.165, 1.54) is 37.8 Å². The lowest BCUT2D eigenvalue weighted by molar-refractivity contribution is 0.251. The maximum atomic E-state index is 4.49. The lowest BCUT2D eigenvalue weighted by Crippen LogP contribution is -2.27. The molecular formula is C16H27N3. The van der Waals surface area contributed by atoms with Crippen molar-refractivity contribution in [2.75, 3.05) is 18.4 Å². The average molecular weight is 261 g/mol. The van der Waals surface area contributed by atoms with Gasteiger partial charge in [-0.05, 0) is 38.3 Å². The third-order valence-electron chi connectivity index (χ3n) is 3.67. The maximum Gasteiger partial charge on any atom is 0.130 e. The highest BCUT2D eigenvalue weighted by atomic mass is 15.2. The number of rotatable bonds is 9. The molecule has 3 heteroatoms. The highest BCUT2D eigenvalue weighted by molar-refractivity contribution is 5.43. The molecular weight excluding hydrogens is 234 g/mol. The summed E-state index contributed by atoms with van der Waals surface area (Å²) in [5.41, 5.74) is 1.35. The Balaban J connectivity index is 1.98. The lowest BCUT2D eigenvalue weighted by atomic mass is 10.2. The van der Waals surface area contributed by atoms with Crippen LogP contribution >= 0.6 is 0 Å². The SMILES string of the molecule is CCCCN(Cc1cccnc1NCCC)C1CC1. The van der Waals surface area contributed by atoms with Crippen molar-refractivity contribution in [1.29, 1.82) is 0 Å². The van der Waals surface area contributed by atoms with Crippen molar-refractivity contribution in [2.24, 2.45) is 0 Å². The Morgan fingerprint density at radius 1 is 1.32 bits per heavy atom. The smallest absolute Gasteiger partial charge is 0.130 e. The molecule has 19 heavy (non-hydrogen) atoms. The van der Waals surface area contributed by atoms with Gasteiger partial charge < -0.3 is 5.32 Å². The molecule has 1 aliphatic rings. The van der Waals surface area contributed by atoms with Gasteiger partial charge in [-0.1, -0.05) is 26.3 Å². The van der Waals surface area contributed by atoms with Crippen LogP contribution in [0.3, 0.4) is 0 Å². The molecule has 0 saturated heterocycles. The minimum atomic E-state index is 0.825. The number of anilines is 1. The molecule has 1 aromatic rings. The molecule has 3 nitrogen and oxygen atoms in total. The van der Waals surface area contributed by atoms with Crippen molar-refractivity contribution in [3.8, 4) is 0 Å². The second-order valence-corrected chi connectivity index (χ2v) is 5.49. The van der Waals surface area contributed by atoms with Gasteiger partial charge in [0.25, 0.3) is 0 Å². The highest BCUT2D eigenvalue weighted by Gasteiger charge is 2.28. The third-order valence-corrected chi connectivity index (χ3v) is 3.67. The van der Waals surface area contributed by atoms with Gasteiger partial charge in [-0.25, -0.2) is 4.98 Å². The van der Waals surface area contributed by atoms with Crippen molar-refractivity contribution in [3.63, 3.8) is 0 Å². The molecule has 2 rings (SSSR count). The van der Waals surface area contributed by atoms with E-state index in [1.807, 2.05) is 6.20 Å². The van der Waals surface area contributed by atoms with Gasteiger partial charge >= 0.3 is 0 Å². The topological polar surface area (TPSA) is 28.2 Å². The van der Waals surface area contributed by atoms with Gasteiger partial charge in [0.05, 0.1) is 0 Å². The van der Waals surface area contributed by atoms with Crippen molar-refractivity contribution in [2.45, 2.75) is 58.5 Å². The van der Waals surface area contributed by atoms with Crippen LogP contribution in [0.15, 0.2) is 18.3 Å². The van der Waals surface area contributed by atoms with E-state index in [-0.39, 0.29) is 0 Å². The van der Waals surface area contributed by atoms with E-state index in [2.05, 4.69) is 41.2 Å². The standard InChI is InChI=1S/C16H27N3/c1-3-5-12-19(15-8-9-15)13-14-7-6-11-18-16(14)17-10-4-2/h6-7,11,15H,3-5,8-10,12-13H2,1-2H3,(H,17,18). The van der Waals surface area contributed by atoms with Crippen LogP contribution in [0.5, 0.6) is 0 Å². The highest BCUT2D eigenvalue weighted by Crippen LogP contribution is 2.29. The molecule has 0 amide bonds. The quantitative estimate of drug-likeness (QED) is 0.735. The molecule has 0 aliphatic heterocycles. The van der Waals surface area contributed by atoms with E-state index in [4.69, 9.17) is 0 Å². The van der Waals surface area contributed by atoms with Crippen molar-refractivity contribution < 1.29 is 0 Å². The first-order chi connectivity index (χ1) is 9.35. The Morgan fingerprint density at radius 2 is 2.16 bits per heavy atom. The Hall–Kier alpha value is -1.09.